The van der Waals surface area contributed by atoms with Gasteiger partial charge in [0.25, 0.3) is 0 Å². The van der Waals surface area contributed by atoms with Gasteiger partial charge in [-0.15, -0.1) is 0 Å². The molecule has 2 nitrogen and oxygen atoms in total. The van der Waals surface area contributed by atoms with E-state index in [0.717, 1.165) is 31.8 Å². The monoisotopic (exact) mass is 239 g/mol. The van der Waals surface area contributed by atoms with Crippen molar-refractivity contribution in [2.45, 2.75) is 40.5 Å². The Morgan fingerprint density at radius 2 is 1.88 bits per heavy atom. The number of ether oxygens (including phenoxy) is 1. The Hall–Kier alpha value is -0.760. The molecule has 0 aliphatic heterocycles. The molecular weight excluding hydrogens is 210 g/mol. The molecule has 0 aliphatic rings. The SMILES string of the molecule is CC(C)=C(/C=C\CC(C)C)OCCCN(C)C. The molecule has 0 heterocycles. The minimum Gasteiger partial charge on any atom is -0.494 e. The number of hydrogen-bond acceptors (Lipinski definition) is 2. The van der Waals surface area contributed by atoms with Crippen molar-refractivity contribution in [3.05, 3.63) is 23.5 Å². The second-order valence-electron chi connectivity index (χ2n) is 5.40. The highest BCUT2D eigenvalue weighted by Crippen LogP contribution is 2.10. The molecule has 0 aromatic heterocycles. The van der Waals surface area contributed by atoms with E-state index < -0.39 is 0 Å². The molecule has 100 valence electrons. The van der Waals surface area contributed by atoms with Crippen LogP contribution >= 0.6 is 0 Å². The first-order chi connectivity index (χ1) is 7.93. The average molecular weight is 239 g/mol. The zero-order valence-electron chi connectivity index (χ0n) is 12.4. The smallest absolute Gasteiger partial charge is 0.117 e. The van der Waals surface area contributed by atoms with Gasteiger partial charge < -0.3 is 9.64 Å². The van der Waals surface area contributed by atoms with Crippen molar-refractivity contribution in [3.63, 3.8) is 0 Å². The van der Waals surface area contributed by atoms with Crippen LogP contribution in [0.15, 0.2) is 23.5 Å². The lowest BCUT2D eigenvalue weighted by molar-refractivity contribution is 0.204. The van der Waals surface area contributed by atoms with Crippen LogP contribution in [0.25, 0.3) is 0 Å². The molecule has 17 heavy (non-hydrogen) atoms. The Morgan fingerprint density at radius 3 is 2.35 bits per heavy atom. The van der Waals surface area contributed by atoms with Crippen LogP contribution in [0.1, 0.15) is 40.5 Å². The molecule has 0 fully saturated rings. The van der Waals surface area contributed by atoms with Crippen molar-refractivity contribution in [1.82, 2.24) is 4.90 Å². The number of rotatable bonds is 8. The van der Waals surface area contributed by atoms with Gasteiger partial charge in [0.15, 0.2) is 0 Å². The van der Waals surface area contributed by atoms with Crippen molar-refractivity contribution in [3.8, 4) is 0 Å². The summed E-state index contributed by atoms with van der Waals surface area (Å²) in [5.41, 5.74) is 1.25. The molecule has 0 aliphatic carbocycles. The van der Waals surface area contributed by atoms with E-state index in [4.69, 9.17) is 4.74 Å². The van der Waals surface area contributed by atoms with Gasteiger partial charge in [-0.3, -0.25) is 0 Å². The van der Waals surface area contributed by atoms with Gasteiger partial charge in [0.2, 0.25) is 0 Å². The summed E-state index contributed by atoms with van der Waals surface area (Å²) >= 11 is 0. The molecule has 2 heteroatoms. The zero-order chi connectivity index (χ0) is 13.3. The van der Waals surface area contributed by atoms with Crippen LogP contribution in [0.4, 0.5) is 0 Å². The quantitative estimate of drug-likeness (QED) is 0.362. The molecular formula is C15H29NO. The lowest BCUT2D eigenvalue weighted by Crippen LogP contribution is -2.14. The standard InChI is InChI=1S/C15H29NO/c1-13(2)9-7-10-15(14(3)4)17-12-8-11-16(5)6/h7,10,13H,8-9,11-12H2,1-6H3/b10-7-. The fraction of sp³-hybridized carbons (Fsp3) is 0.733. The molecule has 0 amide bonds. The van der Waals surface area contributed by atoms with Crippen LogP contribution in [0.2, 0.25) is 0 Å². The summed E-state index contributed by atoms with van der Waals surface area (Å²) in [5.74, 6) is 1.74. The summed E-state index contributed by atoms with van der Waals surface area (Å²) in [5, 5.41) is 0. The van der Waals surface area contributed by atoms with Gasteiger partial charge in [-0.05, 0) is 58.4 Å². The fourth-order valence-electron chi connectivity index (χ4n) is 1.37. The Morgan fingerprint density at radius 1 is 1.24 bits per heavy atom. The molecule has 0 spiro atoms. The normalized spacial score (nSPS) is 11.5. The van der Waals surface area contributed by atoms with Gasteiger partial charge in [0.1, 0.15) is 5.76 Å². The zero-order valence-corrected chi connectivity index (χ0v) is 12.4. The summed E-state index contributed by atoms with van der Waals surface area (Å²) in [6.45, 7) is 10.5. The highest BCUT2D eigenvalue weighted by atomic mass is 16.5. The number of nitrogens with zero attached hydrogens (tertiary/aromatic N) is 1. The van der Waals surface area contributed by atoms with Gasteiger partial charge in [-0.25, -0.2) is 0 Å². The maximum absolute atomic E-state index is 5.80. The van der Waals surface area contributed by atoms with Crippen molar-refractivity contribution in [2.24, 2.45) is 5.92 Å². The van der Waals surface area contributed by atoms with Crippen LogP contribution in [-0.2, 0) is 4.74 Å². The molecule has 0 aromatic carbocycles. The third kappa shape index (κ3) is 10.1. The number of allylic oxidation sites excluding steroid dienone is 3. The molecule has 0 bridgehead atoms. The third-order valence-electron chi connectivity index (χ3n) is 2.38. The largest absolute Gasteiger partial charge is 0.494 e. The van der Waals surface area contributed by atoms with Crippen molar-refractivity contribution >= 4 is 0 Å². The summed E-state index contributed by atoms with van der Waals surface area (Å²) in [7, 11) is 4.18. The highest BCUT2D eigenvalue weighted by Gasteiger charge is 1.98. The van der Waals surface area contributed by atoms with E-state index >= 15 is 0 Å². The second-order valence-corrected chi connectivity index (χ2v) is 5.40. The molecule has 0 N–H and O–H groups in total. The Kier molecular flexibility index (Phi) is 8.87. The summed E-state index contributed by atoms with van der Waals surface area (Å²) in [6, 6.07) is 0. The molecule has 0 rings (SSSR count). The molecule has 0 saturated heterocycles. The molecule has 0 atom stereocenters. The van der Waals surface area contributed by atoms with E-state index in [2.05, 4.69) is 58.8 Å². The number of hydrogen-bond donors (Lipinski definition) is 0. The maximum Gasteiger partial charge on any atom is 0.117 e. The Balaban J connectivity index is 4.02. The Labute approximate surface area is 107 Å². The topological polar surface area (TPSA) is 12.5 Å². The lowest BCUT2D eigenvalue weighted by Gasteiger charge is -2.12. The van der Waals surface area contributed by atoms with Gasteiger partial charge in [0.05, 0.1) is 6.61 Å². The van der Waals surface area contributed by atoms with Crippen LogP contribution in [0.5, 0.6) is 0 Å². The van der Waals surface area contributed by atoms with Gasteiger partial charge >= 0.3 is 0 Å². The predicted octanol–water partition coefficient (Wildman–Crippen LogP) is 3.85. The summed E-state index contributed by atoms with van der Waals surface area (Å²) in [6.07, 6.45) is 6.50. The first-order valence-electron chi connectivity index (χ1n) is 6.55. The minimum atomic E-state index is 0.707. The van der Waals surface area contributed by atoms with Crippen LogP contribution in [-0.4, -0.2) is 32.1 Å². The van der Waals surface area contributed by atoms with E-state index in [1.54, 1.807) is 0 Å². The predicted molar refractivity (Wildman–Crippen MR) is 76.1 cm³/mol. The average Bonchev–Trinajstić information content (AvgIpc) is 2.20. The maximum atomic E-state index is 5.80. The van der Waals surface area contributed by atoms with Crippen molar-refractivity contribution in [1.29, 1.82) is 0 Å². The van der Waals surface area contributed by atoms with Crippen molar-refractivity contribution < 1.29 is 4.74 Å². The lowest BCUT2D eigenvalue weighted by atomic mass is 10.1. The van der Waals surface area contributed by atoms with E-state index in [-0.39, 0.29) is 0 Å². The first kappa shape index (κ1) is 16.2. The minimum absolute atomic E-state index is 0.707. The van der Waals surface area contributed by atoms with E-state index in [0.29, 0.717) is 5.92 Å². The van der Waals surface area contributed by atoms with Gasteiger partial charge in [-0.1, -0.05) is 19.9 Å². The van der Waals surface area contributed by atoms with E-state index in [1.165, 1.54) is 5.57 Å². The second kappa shape index (κ2) is 9.29. The third-order valence-corrected chi connectivity index (χ3v) is 2.38. The van der Waals surface area contributed by atoms with Crippen LogP contribution in [0, 0.1) is 5.92 Å². The molecule has 0 aromatic rings. The van der Waals surface area contributed by atoms with Crippen LogP contribution < -0.4 is 0 Å². The van der Waals surface area contributed by atoms with Crippen molar-refractivity contribution in [2.75, 3.05) is 27.2 Å². The molecule has 0 radical (unpaired) electrons. The molecule has 0 saturated carbocycles. The Bertz CT molecular complexity index is 248. The summed E-state index contributed by atoms with van der Waals surface area (Å²) < 4.78 is 5.80. The van der Waals surface area contributed by atoms with E-state index in [1.807, 2.05) is 0 Å². The summed E-state index contributed by atoms with van der Waals surface area (Å²) in [4.78, 5) is 2.18. The van der Waals surface area contributed by atoms with Gasteiger partial charge in [-0.2, -0.15) is 0 Å². The molecule has 0 unspecified atom stereocenters. The van der Waals surface area contributed by atoms with Crippen LogP contribution in [0.3, 0.4) is 0 Å². The first-order valence-corrected chi connectivity index (χ1v) is 6.55. The van der Waals surface area contributed by atoms with E-state index in [9.17, 15) is 0 Å². The highest BCUT2D eigenvalue weighted by molar-refractivity contribution is 5.17. The van der Waals surface area contributed by atoms with Gasteiger partial charge in [0, 0.05) is 6.54 Å². The fourth-order valence-corrected chi connectivity index (χ4v) is 1.37.